The van der Waals surface area contributed by atoms with Gasteiger partial charge in [-0.1, -0.05) is 24.3 Å². The quantitative estimate of drug-likeness (QED) is 0.531. The van der Waals surface area contributed by atoms with Gasteiger partial charge in [0.2, 0.25) is 0 Å². The number of carbonyl (C=O) groups is 2. The number of esters is 1. The molecule has 1 heterocycles. The molecule has 24 heavy (non-hydrogen) atoms. The van der Waals surface area contributed by atoms with E-state index in [4.69, 9.17) is 4.74 Å². The molecule has 0 aromatic heterocycles. The number of non-ortho nitro benzene ring substituents is 1. The molecule has 7 heteroatoms. The molecule has 0 radical (unpaired) electrons. The summed E-state index contributed by atoms with van der Waals surface area (Å²) in [6.45, 7) is 1.52. The monoisotopic (exact) mass is 326 g/mol. The molecule has 0 bridgehead atoms. The van der Waals surface area contributed by atoms with Crippen molar-refractivity contribution in [3.05, 3.63) is 69.8 Å². The molecule has 2 aromatic rings. The fraction of sp³-hybridized carbons (Fsp3) is 0.176. The third-order valence-electron chi connectivity index (χ3n) is 3.88. The fourth-order valence-corrected chi connectivity index (χ4v) is 2.62. The first-order valence-corrected chi connectivity index (χ1v) is 7.26. The van der Waals surface area contributed by atoms with Gasteiger partial charge in [0.25, 0.3) is 11.6 Å². The van der Waals surface area contributed by atoms with Crippen molar-refractivity contribution >= 4 is 23.3 Å². The van der Waals surface area contributed by atoms with Crippen LogP contribution in [-0.2, 0) is 16.0 Å². The van der Waals surface area contributed by atoms with Gasteiger partial charge in [-0.05, 0) is 24.6 Å². The zero-order chi connectivity index (χ0) is 17.3. The predicted octanol–water partition coefficient (Wildman–Crippen LogP) is 2.71. The first-order chi connectivity index (χ1) is 11.4. The van der Waals surface area contributed by atoms with Crippen molar-refractivity contribution in [3.8, 4) is 0 Å². The van der Waals surface area contributed by atoms with Gasteiger partial charge in [-0.3, -0.25) is 14.9 Å². The molecule has 2 aromatic carbocycles. The van der Waals surface area contributed by atoms with E-state index < -0.39 is 22.4 Å². The number of nitrogens with one attached hydrogen (secondary N) is 1. The van der Waals surface area contributed by atoms with E-state index in [1.807, 2.05) is 0 Å². The van der Waals surface area contributed by atoms with Crippen LogP contribution >= 0.6 is 0 Å². The molecule has 1 atom stereocenters. The number of cyclic esters (lactones) is 1. The molecule has 1 unspecified atom stereocenters. The molecule has 0 spiro atoms. The zero-order valence-electron chi connectivity index (χ0n) is 12.8. The van der Waals surface area contributed by atoms with E-state index in [1.54, 1.807) is 24.3 Å². The average molecular weight is 326 g/mol. The maximum absolute atomic E-state index is 12.6. The molecule has 0 fully saturated rings. The standard InChI is InChI=1S/C17H14N2O5/c1-17(10-11-5-2-3-8-14(11)15(20)24-17)16(21)18-12-6-4-7-13(9-12)19(22)23/h2-9H,10H2,1H3,(H,18,21). The maximum atomic E-state index is 12.6. The van der Waals surface area contributed by atoms with Crippen LogP contribution in [0.4, 0.5) is 11.4 Å². The molecule has 0 saturated heterocycles. The number of hydrogen-bond donors (Lipinski definition) is 1. The second-order valence-corrected chi connectivity index (χ2v) is 5.72. The van der Waals surface area contributed by atoms with Crippen LogP contribution in [0.2, 0.25) is 0 Å². The summed E-state index contributed by atoms with van der Waals surface area (Å²) in [5.74, 6) is -1.10. The number of hydrogen-bond acceptors (Lipinski definition) is 5. The van der Waals surface area contributed by atoms with Gasteiger partial charge >= 0.3 is 5.97 Å². The largest absolute Gasteiger partial charge is 0.445 e. The Balaban J connectivity index is 1.84. The van der Waals surface area contributed by atoms with Crippen molar-refractivity contribution in [2.24, 2.45) is 0 Å². The molecule has 1 amide bonds. The smallest absolute Gasteiger partial charge is 0.339 e. The van der Waals surface area contributed by atoms with Crippen LogP contribution in [0.1, 0.15) is 22.8 Å². The molecule has 3 rings (SSSR count). The summed E-state index contributed by atoms with van der Waals surface area (Å²) in [7, 11) is 0. The Kier molecular flexibility index (Phi) is 3.76. The van der Waals surface area contributed by atoms with Crippen molar-refractivity contribution in [3.63, 3.8) is 0 Å². The first-order valence-electron chi connectivity index (χ1n) is 7.26. The van der Waals surface area contributed by atoms with E-state index in [0.717, 1.165) is 5.56 Å². The Hall–Kier alpha value is -3.22. The van der Waals surface area contributed by atoms with Gasteiger partial charge in [-0.15, -0.1) is 0 Å². The number of anilines is 1. The van der Waals surface area contributed by atoms with E-state index in [0.29, 0.717) is 5.56 Å². The highest BCUT2D eigenvalue weighted by Crippen LogP contribution is 2.29. The molecule has 0 saturated carbocycles. The molecule has 0 aliphatic carbocycles. The Morgan fingerprint density at radius 2 is 2.00 bits per heavy atom. The zero-order valence-corrected chi connectivity index (χ0v) is 12.8. The lowest BCUT2D eigenvalue weighted by Crippen LogP contribution is -2.48. The fourth-order valence-electron chi connectivity index (χ4n) is 2.62. The lowest BCUT2D eigenvalue weighted by atomic mass is 9.89. The summed E-state index contributed by atoms with van der Waals surface area (Å²) in [6, 6.07) is 12.5. The molecule has 122 valence electrons. The number of nitrogens with zero attached hydrogens (tertiary/aromatic N) is 1. The van der Waals surface area contributed by atoms with Crippen molar-refractivity contribution in [1.29, 1.82) is 0 Å². The number of carbonyl (C=O) groups excluding carboxylic acids is 2. The Labute approximate surface area is 137 Å². The maximum Gasteiger partial charge on any atom is 0.339 e. The normalized spacial score (nSPS) is 19.1. The van der Waals surface area contributed by atoms with E-state index in [1.165, 1.54) is 31.2 Å². The van der Waals surface area contributed by atoms with Crippen molar-refractivity contribution in [2.75, 3.05) is 5.32 Å². The minimum Gasteiger partial charge on any atom is -0.445 e. The third kappa shape index (κ3) is 2.83. The molecule has 1 aliphatic rings. The van der Waals surface area contributed by atoms with E-state index in [2.05, 4.69) is 5.32 Å². The summed E-state index contributed by atoms with van der Waals surface area (Å²) in [5.41, 5.74) is -0.0754. The van der Waals surface area contributed by atoms with Crippen LogP contribution in [0.15, 0.2) is 48.5 Å². The minimum atomic E-state index is -1.38. The van der Waals surface area contributed by atoms with Crippen LogP contribution in [0.5, 0.6) is 0 Å². The molecule has 1 aliphatic heterocycles. The second kappa shape index (κ2) is 5.77. The Morgan fingerprint density at radius 1 is 1.25 bits per heavy atom. The Morgan fingerprint density at radius 3 is 2.75 bits per heavy atom. The van der Waals surface area contributed by atoms with Crippen LogP contribution in [0.3, 0.4) is 0 Å². The summed E-state index contributed by atoms with van der Waals surface area (Å²) < 4.78 is 5.33. The van der Waals surface area contributed by atoms with Crippen molar-refractivity contribution in [1.82, 2.24) is 0 Å². The first kappa shape index (κ1) is 15.7. The van der Waals surface area contributed by atoms with Gasteiger partial charge in [-0.2, -0.15) is 0 Å². The molecule has 1 N–H and O–H groups in total. The summed E-state index contributed by atoms with van der Waals surface area (Å²) in [4.78, 5) is 34.9. The van der Waals surface area contributed by atoms with Crippen LogP contribution in [-0.4, -0.2) is 22.4 Å². The van der Waals surface area contributed by atoms with Gasteiger partial charge in [0, 0.05) is 24.2 Å². The van der Waals surface area contributed by atoms with Crippen molar-refractivity contribution in [2.45, 2.75) is 18.9 Å². The van der Waals surface area contributed by atoms with Gasteiger partial charge in [0.15, 0.2) is 5.60 Å². The van der Waals surface area contributed by atoms with Gasteiger partial charge in [0.05, 0.1) is 10.5 Å². The molecular weight excluding hydrogens is 312 g/mol. The van der Waals surface area contributed by atoms with Crippen LogP contribution in [0.25, 0.3) is 0 Å². The lowest BCUT2D eigenvalue weighted by molar-refractivity contribution is -0.384. The van der Waals surface area contributed by atoms with Gasteiger partial charge in [0.1, 0.15) is 0 Å². The van der Waals surface area contributed by atoms with Crippen LogP contribution < -0.4 is 5.32 Å². The predicted molar refractivity (Wildman–Crippen MR) is 85.7 cm³/mol. The van der Waals surface area contributed by atoms with E-state index in [-0.39, 0.29) is 17.8 Å². The highest BCUT2D eigenvalue weighted by molar-refractivity contribution is 6.02. The van der Waals surface area contributed by atoms with E-state index >= 15 is 0 Å². The molecule has 7 nitrogen and oxygen atoms in total. The number of nitro benzene ring substituents is 1. The second-order valence-electron chi connectivity index (χ2n) is 5.72. The highest BCUT2D eigenvalue weighted by Gasteiger charge is 2.42. The summed E-state index contributed by atoms with van der Waals surface area (Å²) in [6.07, 6.45) is 0.232. The van der Waals surface area contributed by atoms with E-state index in [9.17, 15) is 19.7 Å². The number of nitro groups is 1. The van der Waals surface area contributed by atoms with Crippen molar-refractivity contribution < 1.29 is 19.2 Å². The minimum absolute atomic E-state index is 0.135. The number of fused-ring (bicyclic) bond motifs is 1. The highest BCUT2D eigenvalue weighted by atomic mass is 16.6. The number of ether oxygens (including phenoxy) is 1. The van der Waals surface area contributed by atoms with Gasteiger partial charge in [-0.25, -0.2) is 4.79 Å². The number of rotatable bonds is 3. The number of benzene rings is 2. The third-order valence-corrected chi connectivity index (χ3v) is 3.88. The Bertz CT molecular complexity index is 848. The van der Waals surface area contributed by atoms with Crippen LogP contribution in [0, 0.1) is 10.1 Å². The SMILES string of the molecule is CC1(C(=O)Nc2cccc([N+](=O)[O-])c2)Cc2ccccc2C(=O)O1. The average Bonchev–Trinajstić information content (AvgIpc) is 2.55. The number of amides is 1. The summed E-state index contributed by atoms with van der Waals surface area (Å²) >= 11 is 0. The van der Waals surface area contributed by atoms with Gasteiger partial charge < -0.3 is 10.1 Å². The topological polar surface area (TPSA) is 98.5 Å². The lowest BCUT2D eigenvalue weighted by Gasteiger charge is -2.33. The molecular formula is C17H14N2O5. The summed E-state index contributed by atoms with van der Waals surface area (Å²) in [5, 5.41) is 13.4.